The second-order valence-electron chi connectivity index (χ2n) is 5.19. The Bertz CT molecular complexity index is 492. The maximum Gasteiger partial charge on any atom is 0.416 e. The summed E-state index contributed by atoms with van der Waals surface area (Å²) in [5, 5.41) is 0. The van der Waals surface area contributed by atoms with Gasteiger partial charge in [0.15, 0.2) is 0 Å². The number of pyridine rings is 1. The zero-order valence-electron chi connectivity index (χ0n) is 10.6. The first kappa shape index (κ1) is 13.8. The molecule has 1 heterocycles. The third kappa shape index (κ3) is 2.53. The molecule has 0 aliphatic carbocycles. The van der Waals surface area contributed by atoms with Crippen molar-refractivity contribution in [1.82, 2.24) is 4.57 Å². The van der Waals surface area contributed by atoms with Gasteiger partial charge in [-0.3, -0.25) is 4.79 Å². The van der Waals surface area contributed by atoms with Gasteiger partial charge >= 0.3 is 6.18 Å². The van der Waals surface area contributed by atoms with Gasteiger partial charge in [-0.05, 0) is 18.4 Å². The van der Waals surface area contributed by atoms with Gasteiger partial charge in [0.1, 0.15) is 0 Å². The van der Waals surface area contributed by atoms with E-state index in [2.05, 4.69) is 0 Å². The predicted octanol–water partition coefficient (Wildman–Crippen LogP) is 3.01. The first-order valence-electron chi connectivity index (χ1n) is 5.24. The van der Waals surface area contributed by atoms with Crippen molar-refractivity contribution in [3.05, 3.63) is 33.2 Å². The third-order valence-corrected chi connectivity index (χ3v) is 2.73. The standard InChI is InChI=1S/C12H16F3NO/c1-7-6-8(12(13,14)15)9(11(2,3)4)10(17)16(7)5/h6H,1-5H3. The van der Waals surface area contributed by atoms with Crippen LogP contribution in [0.5, 0.6) is 0 Å². The number of halogens is 3. The molecule has 0 saturated carbocycles. The molecule has 0 aliphatic rings. The van der Waals surface area contributed by atoms with Crippen LogP contribution in [-0.4, -0.2) is 4.57 Å². The van der Waals surface area contributed by atoms with Crippen molar-refractivity contribution in [3.63, 3.8) is 0 Å². The topological polar surface area (TPSA) is 22.0 Å². The number of hydrogen-bond donors (Lipinski definition) is 0. The number of alkyl halides is 3. The molecule has 0 aliphatic heterocycles. The van der Waals surface area contributed by atoms with Gasteiger partial charge in [-0.2, -0.15) is 13.2 Å². The molecular weight excluding hydrogens is 231 g/mol. The van der Waals surface area contributed by atoms with Crippen LogP contribution in [-0.2, 0) is 18.6 Å². The van der Waals surface area contributed by atoms with Gasteiger partial charge < -0.3 is 4.57 Å². The molecule has 0 saturated heterocycles. The monoisotopic (exact) mass is 247 g/mol. The van der Waals surface area contributed by atoms with E-state index in [1.54, 1.807) is 20.8 Å². The second kappa shape index (κ2) is 3.89. The molecule has 0 bridgehead atoms. The molecule has 0 atom stereocenters. The van der Waals surface area contributed by atoms with Crippen molar-refractivity contribution in [2.75, 3.05) is 0 Å². The van der Waals surface area contributed by atoms with Crippen LogP contribution in [0.4, 0.5) is 13.2 Å². The van der Waals surface area contributed by atoms with Crippen molar-refractivity contribution in [2.45, 2.75) is 39.3 Å². The number of nitrogens with zero attached hydrogens (tertiary/aromatic N) is 1. The Hall–Kier alpha value is -1.26. The average Bonchev–Trinajstić information content (AvgIpc) is 2.09. The van der Waals surface area contributed by atoms with Crippen molar-refractivity contribution in [1.29, 1.82) is 0 Å². The van der Waals surface area contributed by atoms with Gasteiger partial charge in [0, 0.05) is 18.3 Å². The number of rotatable bonds is 0. The quantitative estimate of drug-likeness (QED) is 0.690. The molecule has 5 heteroatoms. The Kier molecular flexibility index (Phi) is 3.16. The fraction of sp³-hybridized carbons (Fsp3) is 0.583. The first-order valence-corrected chi connectivity index (χ1v) is 5.24. The zero-order chi connectivity index (χ0) is 13.6. The summed E-state index contributed by atoms with van der Waals surface area (Å²) < 4.78 is 40.0. The van der Waals surface area contributed by atoms with E-state index >= 15 is 0 Å². The lowest BCUT2D eigenvalue weighted by Crippen LogP contribution is -2.34. The lowest BCUT2D eigenvalue weighted by Gasteiger charge is -2.24. The summed E-state index contributed by atoms with van der Waals surface area (Å²) in [7, 11) is 1.48. The van der Waals surface area contributed by atoms with E-state index in [1.165, 1.54) is 18.5 Å². The predicted molar refractivity (Wildman–Crippen MR) is 60.1 cm³/mol. The van der Waals surface area contributed by atoms with Crippen molar-refractivity contribution < 1.29 is 13.2 Å². The molecule has 0 spiro atoms. The van der Waals surface area contributed by atoms with Gasteiger partial charge in [0.05, 0.1) is 5.56 Å². The van der Waals surface area contributed by atoms with Crippen LogP contribution in [0.25, 0.3) is 0 Å². The maximum atomic E-state index is 12.9. The molecule has 1 aromatic rings. The first-order chi connectivity index (χ1) is 7.46. The van der Waals surface area contributed by atoms with E-state index in [1.807, 2.05) is 0 Å². The Labute approximate surface area is 98.1 Å². The Balaban J connectivity index is 3.78. The maximum absolute atomic E-state index is 12.9. The Morgan fingerprint density at radius 3 is 2.00 bits per heavy atom. The van der Waals surface area contributed by atoms with Crippen LogP contribution in [0.2, 0.25) is 0 Å². The molecule has 0 N–H and O–H groups in total. The fourth-order valence-corrected chi connectivity index (χ4v) is 1.77. The van der Waals surface area contributed by atoms with Gasteiger partial charge in [0.25, 0.3) is 5.56 Å². The van der Waals surface area contributed by atoms with Crippen LogP contribution in [0.15, 0.2) is 10.9 Å². The second-order valence-corrected chi connectivity index (χ2v) is 5.19. The summed E-state index contributed by atoms with van der Waals surface area (Å²) in [6.45, 7) is 6.31. The minimum absolute atomic E-state index is 0.182. The van der Waals surface area contributed by atoms with E-state index in [0.717, 1.165) is 6.07 Å². The largest absolute Gasteiger partial charge is 0.416 e. The molecule has 0 amide bonds. The van der Waals surface area contributed by atoms with E-state index in [4.69, 9.17) is 0 Å². The normalized spacial score (nSPS) is 12.9. The number of aryl methyl sites for hydroxylation is 1. The molecule has 96 valence electrons. The summed E-state index contributed by atoms with van der Waals surface area (Å²) >= 11 is 0. The van der Waals surface area contributed by atoms with Crippen LogP contribution in [0.3, 0.4) is 0 Å². The van der Waals surface area contributed by atoms with Crippen LogP contribution < -0.4 is 5.56 Å². The minimum atomic E-state index is -4.50. The fourth-order valence-electron chi connectivity index (χ4n) is 1.77. The summed E-state index contributed by atoms with van der Waals surface area (Å²) in [5.74, 6) is 0. The molecule has 0 fully saturated rings. The van der Waals surface area contributed by atoms with Crippen LogP contribution >= 0.6 is 0 Å². The van der Waals surface area contributed by atoms with Crippen LogP contribution in [0, 0.1) is 6.92 Å². The lowest BCUT2D eigenvalue weighted by molar-refractivity contribution is -0.138. The van der Waals surface area contributed by atoms with E-state index in [-0.39, 0.29) is 5.56 Å². The SMILES string of the molecule is Cc1cc(C(F)(F)F)c(C(C)(C)C)c(=O)n1C. The molecule has 1 aromatic heterocycles. The minimum Gasteiger partial charge on any atom is -0.316 e. The third-order valence-electron chi connectivity index (χ3n) is 2.73. The molecule has 17 heavy (non-hydrogen) atoms. The molecular formula is C12H16F3NO. The number of aromatic nitrogens is 1. The summed E-state index contributed by atoms with van der Waals surface area (Å²) in [6.07, 6.45) is -4.50. The van der Waals surface area contributed by atoms with Crippen molar-refractivity contribution in [2.24, 2.45) is 7.05 Å². The molecule has 0 radical (unpaired) electrons. The van der Waals surface area contributed by atoms with Crippen molar-refractivity contribution in [3.8, 4) is 0 Å². The van der Waals surface area contributed by atoms with Gasteiger partial charge in [0.2, 0.25) is 0 Å². The highest BCUT2D eigenvalue weighted by molar-refractivity contribution is 5.34. The van der Waals surface area contributed by atoms with E-state index in [0.29, 0.717) is 5.69 Å². The molecule has 1 rings (SSSR count). The van der Waals surface area contributed by atoms with E-state index < -0.39 is 22.7 Å². The Morgan fingerprint density at radius 1 is 1.18 bits per heavy atom. The van der Waals surface area contributed by atoms with Gasteiger partial charge in [-0.15, -0.1) is 0 Å². The number of hydrogen-bond acceptors (Lipinski definition) is 1. The Morgan fingerprint density at radius 2 is 1.65 bits per heavy atom. The summed E-state index contributed by atoms with van der Waals surface area (Å²) in [5.41, 5.74) is -2.13. The van der Waals surface area contributed by atoms with Crippen LogP contribution in [0.1, 0.15) is 37.6 Å². The average molecular weight is 247 g/mol. The molecule has 2 nitrogen and oxygen atoms in total. The lowest BCUT2D eigenvalue weighted by atomic mass is 9.84. The van der Waals surface area contributed by atoms with Crippen molar-refractivity contribution >= 4 is 0 Å². The van der Waals surface area contributed by atoms with Gasteiger partial charge in [-0.1, -0.05) is 20.8 Å². The molecule has 0 aromatic carbocycles. The smallest absolute Gasteiger partial charge is 0.316 e. The highest BCUT2D eigenvalue weighted by Gasteiger charge is 2.38. The summed E-state index contributed by atoms with van der Waals surface area (Å²) in [4.78, 5) is 12.0. The van der Waals surface area contributed by atoms with E-state index in [9.17, 15) is 18.0 Å². The summed E-state index contributed by atoms with van der Waals surface area (Å²) in [6, 6.07) is 1.03. The highest BCUT2D eigenvalue weighted by atomic mass is 19.4. The van der Waals surface area contributed by atoms with Gasteiger partial charge in [-0.25, -0.2) is 0 Å². The zero-order valence-corrected chi connectivity index (χ0v) is 10.6. The highest BCUT2D eigenvalue weighted by Crippen LogP contribution is 2.35. The molecule has 0 unspecified atom stereocenters.